The first-order valence-corrected chi connectivity index (χ1v) is 8.35. The summed E-state index contributed by atoms with van der Waals surface area (Å²) in [6.07, 6.45) is 4.01. The number of hydrogen-bond acceptors (Lipinski definition) is 2. The molecule has 3 nitrogen and oxygen atoms in total. The Labute approximate surface area is 140 Å². The minimum absolute atomic E-state index is 0.0600. The second-order valence-corrected chi connectivity index (χ2v) is 6.00. The van der Waals surface area contributed by atoms with Gasteiger partial charge in [0.2, 0.25) is 0 Å². The summed E-state index contributed by atoms with van der Waals surface area (Å²) in [5.41, 5.74) is 1.38. The highest BCUT2D eigenvalue weighted by Gasteiger charge is 2.14. The van der Waals surface area contributed by atoms with Crippen LogP contribution in [-0.2, 0) is 6.42 Å². The highest BCUT2D eigenvalue weighted by Crippen LogP contribution is 2.21. The van der Waals surface area contributed by atoms with Crippen molar-refractivity contribution >= 4 is 22.5 Å². The van der Waals surface area contributed by atoms with Crippen LogP contribution in [0.4, 0.5) is 0 Å². The molecule has 0 saturated heterocycles. The summed E-state index contributed by atoms with van der Waals surface area (Å²) in [6.45, 7) is 2.16. The molecule has 1 heterocycles. The van der Waals surface area contributed by atoms with E-state index in [9.17, 15) is 4.79 Å². The van der Waals surface area contributed by atoms with Crippen LogP contribution < -0.4 is 5.56 Å². The Bertz CT molecular complexity index is 886. The molecule has 118 valence electrons. The largest absolute Gasteiger partial charge is 0.268 e. The van der Waals surface area contributed by atoms with Crippen molar-refractivity contribution in [1.29, 1.82) is 0 Å². The normalized spacial score (nSPS) is 11.0. The molecule has 23 heavy (non-hydrogen) atoms. The lowest BCUT2D eigenvalue weighted by Crippen LogP contribution is -2.24. The third kappa shape index (κ3) is 3.15. The summed E-state index contributed by atoms with van der Waals surface area (Å²) >= 11 is 6.33. The fraction of sp³-hybridized carbons (Fsp3) is 0.263. The average molecular weight is 327 g/mol. The topological polar surface area (TPSA) is 34.9 Å². The van der Waals surface area contributed by atoms with Gasteiger partial charge in [-0.25, -0.2) is 4.98 Å². The highest BCUT2D eigenvalue weighted by atomic mass is 35.5. The molecule has 0 aliphatic heterocycles. The summed E-state index contributed by atoms with van der Waals surface area (Å²) in [5.74, 6) is 0.773. The second kappa shape index (κ2) is 6.97. The molecule has 0 amide bonds. The van der Waals surface area contributed by atoms with Crippen molar-refractivity contribution < 1.29 is 0 Å². The SMILES string of the molecule is CCCCCc1nc2ccccc2c(=O)n1-c1ccccc1Cl. The van der Waals surface area contributed by atoms with Gasteiger partial charge in [0, 0.05) is 6.42 Å². The van der Waals surface area contributed by atoms with E-state index in [1.54, 1.807) is 10.6 Å². The van der Waals surface area contributed by atoms with Gasteiger partial charge in [-0.05, 0) is 30.7 Å². The van der Waals surface area contributed by atoms with Crippen LogP contribution in [0.15, 0.2) is 53.3 Å². The van der Waals surface area contributed by atoms with Crippen molar-refractivity contribution in [2.24, 2.45) is 0 Å². The van der Waals surface area contributed by atoms with Crippen LogP contribution in [-0.4, -0.2) is 9.55 Å². The molecule has 0 saturated carbocycles. The van der Waals surface area contributed by atoms with Crippen molar-refractivity contribution in [2.75, 3.05) is 0 Å². The predicted molar refractivity (Wildman–Crippen MR) is 95.6 cm³/mol. The van der Waals surface area contributed by atoms with Gasteiger partial charge in [0.25, 0.3) is 5.56 Å². The Morgan fingerprint density at radius 1 is 1.04 bits per heavy atom. The zero-order valence-corrected chi connectivity index (χ0v) is 13.9. The Hall–Kier alpha value is -2.13. The van der Waals surface area contributed by atoms with Crippen molar-refractivity contribution in [2.45, 2.75) is 32.6 Å². The van der Waals surface area contributed by atoms with E-state index in [0.717, 1.165) is 37.0 Å². The maximum absolute atomic E-state index is 13.0. The lowest BCUT2D eigenvalue weighted by atomic mass is 10.1. The number of fused-ring (bicyclic) bond motifs is 1. The number of hydrogen-bond donors (Lipinski definition) is 0. The third-order valence-corrected chi connectivity index (χ3v) is 4.26. The molecule has 0 spiro atoms. The zero-order chi connectivity index (χ0) is 16.2. The molecular weight excluding hydrogens is 308 g/mol. The third-order valence-electron chi connectivity index (χ3n) is 3.94. The first-order valence-electron chi connectivity index (χ1n) is 7.98. The smallest absolute Gasteiger partial charge is 0.266 e. The van der Waals surface area contributed by atoms with Gasteiger partial charge in [-0.2, -0.15) is 0 Å². The molecule has 0 atom stereocenters. The van der Waals surface area contributed by atoms with Gasteiger partial charge in [0.05, 0.1) is 21.6 Å². The van der Waals surface area contributed by atoms with Crippen molar-refractivity contribution in [3.63, 3.8) is 0 Å². The zero-order valence-electron chi connectivity index (χ0n) is 13.1. The van der Waals surface area contributed by atoms with Crippen LogP contribution in [0.5, 0.6) is 0 Å². The van der Waals surface area contributed by atoms with Gasteiger partial charge < -0.3 is 0 Å². The molecule has 4 heteroatoms. The summed E-state index contributed by atoms with van der Waals surface area (Å²) in [6, 6.07) is 14.9. The summed E-state index contributed by atoms with van der Waals surface area (Å²) in [5, 5.41) is 1.18. The lowest BCUT2D eigenvalue weighted by Gasteiger charge is -2.14. The second-order valence-electron chi connectivity index (χ2n) is 5.59. The van der Waals surface area contributed by atoms with E-state index in [-0.39, 0.29) is 5.56 Å². The Morgan fingerprint density at radius 2 is 1.78 bits per heavy atom. The molecule has 2 aromatic carbocycles. The maximum atomic E-state index is 13.0. The number of aryl methyl sites for hydroxylation is 1. The van der Waals surface area contributed by atoms with Crippen molar-refractivity contribution in [3.8, 4) is 5.69 Å². The van der Waals surface area contributed by atoms with E-state index in [2.05, 4.69) is 6.92 Å². The number of unbranched alkanes of at least 4 members (excludes halogenated alkanes) is 2. The first-order chi connectivity index (χ1) is 11.2. The molecule has 0 bridgehead atoms. The monoisotopic (exact) mass is 326 g/mol. The van der Waals surface area contributed by atoms with Crippen molar-refractivity contribution in [1.82, 2.24) is 9.55 Å². The Balaban J connectivity index is 2.24. The fourth-order valence-corrected chi connectivity index (χ4v) is 2.98. The number of nitrogens with zero attached hydrogens (tertiary/aromatic N) is 2. The number of halogens is 1. The number of para-hydroxylation sites is 2. The van der Waals surface area contributed by atoms with E-state index in [1.165, 1.54) is 0 Å². The van der Waals surface area contributed by atoms with Gasteiger partial charge in [-0.1, -0.05) is 55.6 Å². The molecule has 0 fully saturated rings. The van der Waals surface area contributed by atoms with Crippen LogP contribution >= 0.6 is 11.6 Å². The molecule has 0 aliphatic rings. The lowest BCUT2D eigenvalue weighted by molar-refractivity contribution is 0.676. The predicted octanol–water partition coefficient (Wildman–Crippen LogP) is 4.77. The highest BCUT2D eigenvalue weighted by molar-refractivity contribution is 6.32. The standard InChI is InChI=1S/C19H19ClN2O/c1-2-3-4-13-18-21-16-11-7-5-9-14(16)19(23)22(18)17-12-8-6-10-15(17)20/h5-12H,2-4,13H2,1H3. The summed E-state index contributed by atoms with van der Waals surface area (Å²) in [7, 11) is 0. The van der Waals surface area contributed by atoms with Crippen LogP contribution in [0.25, 0.3) is 16.6 Å². The average Bonchev–Trinajstić information content (AvgIpc) is 2.57. The van der Waals surface area contributed by atoms with Crippen molar-refractivity contribution in [3.05, 3.63) is 69.7 Å². The number of benzene rings is 2. The van der Waals surface area contributed by atoms with E-state index in [1.807, 2.05) is 42.5 Å². The van der Waals surface area contributed by atoms with Gasteiger partial charge in [0.15, 0.2) is 0 Å². The summed E-state index contributed by atoms with van der Waals surface area (Å²) in [4.78, 5) is 17.7. The minimum Gasteiger partial charge on any atom is -0.268 e. The molecule has 3 rings (SSSR count). The quantitative estimate of drug-likeness (QED) is 0.633. The molecule has 0 N–H and O–H groups in total. The van der Waals surface area contributed by atoms with Gasteiger partial charge in [0.1, 0.15) is 5.82 Å². The molecule has 3 aromatic rings. The van der Waals surface area contributed by atoms with E-state index >= 15 is 0 Å². The minimum atomic E-state index is -0.0600. The molecule has 0 radical (unpaired) electrons. The molecule has 0 aliphatic carbocycles. The van der Waals surface area contributed by atoms with Crippen LogP contribution in [0.1, 0.15) is 32.0 Å². The summed E-state index contributed by atoms with van der Waals surface area (Å²) < 4.78 is 1.67. The van der Waals surface area contributed by atoms with Crippen LogP contribution in [0.3, 0.4) is 0 Å². The van der Waals surface area contributed by atoms with Gasteiger partial charge in [-0.15, -0.1) is 0 Å². The Morgan fingerprint density at radius 3 is 2.57 bits per heavy atom. The van der Waals surface area contributed by atoms with Gasteiger partial charge in [-0.3, -0.25) is 9.36 Å². The van der Waals surface area contributed by atoms with Crippen LogP contribution in [0.2, 0.25) is 5.02 Å². The number of rotatable bonds is 5. The van der Waals surface area contributed by atoms with E-state index in [0.29, 0.717) is 16.1 Å². The van der Waals surface area contributed by atoms with Crippen LogP contribution in [0, 0.1) is 0 Å². The van der Waals surface area contributed by atoms with E-state index < -0.39 is 0 Å². The molecule has 0 unspecified atom stereocenters. The van der Waals surface area contributed by atoms with E-state index in [4.69, 9.17) is 16.6 Å². The van der Waals surface area contributed by atoms with Gasteiger partial charge >= 0.3 is 0 Å². The first kappa shape index (κ1) is 15.8. The maximum Gasteiger partial charge on any atom is 0.266 e. The fourth-order valence-electron chi connectivity index (χ4n) is 2.76. The number of aromatic nitrogens is 2. The molecule has 1 aromatic heterocycles. The molecular formula is C19H19ClN2O. The Kier molecular flexibility index (Phi) is 4.77.